The molecule has 178 valence electrons. The Morgan fingerprint density at radius 1 is 1.30 bits per heavy atom. The molecule has 9 nitrogen and oxygen atoms in total. The van der Waals surface area contributed by atoms with Gasteiger partial charge in [0.15, 0.2) is 5.16 Å². The number of nitrogens with zero attached hydrogens (tertiary/aromatic N) is 2. The molecule has 0 aromatic carbocycles. The lowest BCUT2D eigenvalue weighted by molar-refractivity contribution is -0.139. The number of methoxy groups -OCH3 is 1. The Labute approximate surface area is 199 Å². The van der Waals surface area contributed by atoms with E-state index in [1.165, 1.54) is 16.6 Å². The van der Waals surface area contributed by atoms with Crippen LogP contribution in [0.3, 0.4) is 0 Å². The molecule has 2 aromatic heterocycles. The summed E-state index contributed by atoms with van der Waals surface area (Å²) >= 11 is 2.91. The van der Waals surface area contributed by atoms with E-state index >= 15 is 0 Å². The quantitative estimate of drug-likeness (QED) is 0.314. The number of amides is 2. The maximum Gasteiger partial charge on any atom is 0.337 e. The summed E-state index contributed by atoms with van der Waals surface area (Å²) in [4.78, 5) is 45.1. The largest absolute Gasteiger partial charge is 0.463 e. The first kappa shape index (κ1) is 23.8. The summed E-state index contributed by atoms with van der Waals surface area (Å²) in [6.07, 6.45) is 3.53. The van der Waals surface area contributed by atoms with E-state index in [1.807, 2.05) is 6.92 Å². The molecule has 2 amide bonds. The van der Waals surface area contributed by atoms with Crippen molar-refractivity contribution in [3.05, 3.63) is 32.1 Å². The van der Waals surface area contributed by atoms with Gasteiger partial charge in [0.2, 0.25) is 0 Å². The molecular formula is C22H28N4O5S2. The fourth-order valence-electron chi connectivity index (χ4n) is 4.26. The summed E-state index contributed by atoms with van der Waals surface area (Å²) in [5.41, 5.74) is 1.97. The van der Waals surface area contributed by atoms with Crippen LogP contribution in [-0.2, 0) is 33.7 Å². The van der Waals surface area contributed by atoms with Gasteiger partial charge in [-0.3, -0.25) is 9.36 Å². The third-order valence-electron chi connectivity index (χ3n) is 5.80. The van der Waals surface area contributed by atoms with Crippen LogP contribution < -0.4 is 16.2 Å². The van der Waals surface area contributed by atoms with Crippen molar-refractivity contribution in [3.63, 3.8) is 0 Å². The topological polar surface area (TPSA) is 112 Å². The van der Waals surface area contributed by atoms with Crippen molar-refractivity contribution in [3.8, 4) is 0 Å². The Bertz CT molecular complexity index is 1170. The highest BCUT2D eigenvalue weighted by Crippen LogP contribution is 2.36. The van der Waals surface area contributed by atoms with E-state index < -0.39 is 12.0 Å². The number of aryl methyl sites for hydroxylation is 2. The molecule has 3 heterocycles. The van der Waals surface area contributed by atoms with Crippen molar-refractivity contribution in [2.24, 2.45) is 0 Å². The van der Waals surface area contributed by atoms with Gasteiger partial charge in [0, 0.05) is 23.4 Å². The molecule has 4 rings (SSSR count). The number of urea groups is 1. The molecule has 1 aliphatic heterocycles. The molecule has 0 spiro atoms. The molecule has 1 atom stereocenters. The van der Waals surface area contributed by atoms with Crippen LogP contribution in [0.2, 0.25) is 0 Å². The zero-order valence-corrected chi connectivity index (χ0v) is 20.6. The van der Waals surface area contributed by atoms with Crippen LogP contribution in [0.1, 0.15) is 37.1 Å². The first-order chi connectivity index (χ1) is 16.0. The van der Waals surface area contributed by atoms with Gasteiger partial charge in [-0.2, -0.15) is 0 Å². The zero-order valence-electron chi connectivity index (χ0n) is 19.0. The number of thioether (sulfide) groups is 1. The normalized spacial score (nSPS) is 17.8. The summed E-state index contributed by atoms with van der Waals surface area (Å²) in [5, 5.41) is 6.80. The summed E-state index contributed by atoms with van der Waals surface area (Å²) in [6.45, 7) is 4.64. The maximum absolute atomic E-state index is 13.4. The van der Waals surface area contributed by atoms with Crippen LogP contribution in [0.4, 0.5) is 4.79 Å². The molecule has 2 N–H and O–H groups in total. The molecule has 0 saturated carbocycles. The average Bonchev–Trinajstić information content (AvgIpc) is 3.37. The van der Waals surface area contributed by atoms with Gasteiger partial charge >= 0.3 is 12.0 Å². The fourth-order valence-corrected chi connectivity index (χ4v) is 6.56. The Kier molecular flexibility index (Phi) is 7.40. The smallest absolute Gasteiger partial charge is 0.337 e. The number of carbonyl (C=O) groups excluding carboxylic acids is 2. The second kappa shape index (κ2) is 10.3. The molecular weight excluding hydrogens is 464 g/mol. The van der Waals surface area contributed by atoms with E-state index in [1.54, 1.807) is 29.9 Å². The number of rotatable bonds is 9. The number of thiophene rings is 1. The van der Waals surface area contributed by atoms with Crippen molar-refractivity contribution < 1.29 is 19.1 Å². The molecule has 2 aliphatic rings. The van der Waals surface area contributed by atoms with E-state index in [4.69, 9.17) is 14.5 Å². The molecule has 0 bridgehead atoms. The summed E-state index contributed by atoms with van der Waals surface area (Å²) in [7, 11) is 1.60. The lowest BCUT2D eigenvalue weighted by atomic mass is 10.0. The van der Waals surface area contributed by atoms with Crippen molar-refractivity contribution in [2.45, 2.75) is 57.3 Å². The molecule has 11 heteroatoms. The Morgan fingerprint density at radius 2 is 2.12 bits per heavy atom. The van der Waals surface area contributed by atoms with Crippen molar-refractivity contribution in [1.29, 1.82) is 0 Å². The number of hydrogen-bond acceptors (Lipinski definition) is 8. The van der Waals surface area contributed by atoms with Gasteiger partial charge in [0.25, 0.3) is 5.56 Å². The highest BCUT2D eigenvalue weighted by molar-refractivity contribution is 7.99. The maximum atomic E-state index is 13.4. The predicted molar refractivity (Wildman–Crippen MR) is 128 cm³/mol. The third-order valence-corrected chi connectivity index (χ3v) is 7.99. The van der Waals surface area contributed by atoms with E-state index in [9.17, 15) is 14.4 Å². The molecule has 0 unspecified atom stereocenters. The number of nitrogens with one attached hydrogen (secondary N) is 2. The Morgan fingerprint density at radius 3 is 2.85 bits per heavy atom. The molecule has 0 fully saturated rings. The molecule has 2 aromatic rings. The Balaban J connectivity index is 1.72. The zero-order chi connectivity index (χ0) is 23.5. The van der Waals surface area contributed by atoms with Gasteiger partial charge in [-0.1, -0.05) is 18.7 Å². The highest BCUT2D eigenvalue weighted by atomic mass is 32.2. The van der Waals surface area contributed by atoms with Gasteiger partial charge in [0.1, 0.15) is 4.83 Å². The van der Waals surface area contributed by atoms with Crippen LogP contribution in [0.25, 0.3) is 10.2 Å². The summed E-state index contributed by atoms with van der Waals surface area (Å²) in [5.74, 6) is -0.184. The first-order valence-electron chi connectivity index (χ1n) is 11.1. The Hall–Kier alpha value is -2.37. The number of aromatic nitrogens is 2. The van der Waals surface area contributed by atoms with Gasteiger partial charge in [-0.05, 0) is 38.2 Å². The van der Waals surface area contributed by atoms with Gasteiger partial charge < -0.3 is 20.1 Å². The van der Waals surface area contributed by atoms with Crippen molar-refractivity contribution >= 4 is 45.3 Å². The number of fused-ring (bicyclic) bond motifs is 3. The average molecular weight is 493 g/mol. The molecule has 1 aliphatic carbocycles. The standard InChI is InChI=1S/C22H28N4O5S2/c1-4-13-17(20(28)31-5-2)14(24-21(29)23-13)11-32-22-25-18-16(12-7-6-8-15(12)33-18)19(27)26(22)9-10-30-3/h13H,4-11H2,1-3H3,(H2,23,24,29)/t13-/m1/s1. The van der Waals surface area contributed by atoms with Crippen LogP contribution in [0.15, 0.2) is 21.2 Å². The van der Waals surface area contributed by atoms with Gasteiger partial charge in [-0.25, -0.2) is 14.6 Å². The van der Waals surface area contributed by atoms with Crippen molar-refractivity contribution in [1.82, 2.24) is 20.2 Å². The van der Waals surface area contributed by atoms with E-state index in [2.05, 4.69) is 10.6 Å². The van der Waals surface area contributed by atoms with Crippen LogP contribution in [0, 0.1) is 0 Å². The number of esters is 1. The number of ether oxygens (including phenoxy) is 2. The van der Waals surface area contributed by atoms with E-state index in [0.717, 1.165) is 35.0 Å². The summed E-state index contributed by atoms with van der Waals surface area (Å²) in [6, 6.07) is -0.792. The number of carbonyl (C=O) groups is 2. The van der Waals surface area contributed by atoms with Gasteiger partial charge in [-0.15, -0.1) is 11.3 Å². The van der Waals surface area contributed by atoms with Gasteiger partial charge in [0.05, 0.1) is 36.8 Å². The van der Waals surface area contributed by atoms with E-state index in [0.29, 0.717) is 36.0 Å². The van der Waals surface area contributed by atoms with Crippen LogP contribution in [-0.4, -0.2) is 53.7 Å². The van der Waals surface area contributed by atoms with Crippen LogP contribution in [0.5, 0.6) is 0 Å². The third kappa shape index (κ3) is 4.67. The summed E-state index contributed by atoms with van der Waals surface area (Å²) < 4.78 is 12.1. The highest BCUT2D eigenvalue weighted by Gasteiger charge is 2.32. The second-order valence-corrected chi connectivity index (χ2v) is 9.87. The molecule has 0 radical (unpaired) electrons. The minimum Gasteiger partial charge on any atom is -0.463 e. The fraction of sp³-hybridized carbons (Fsp3) is 0.545. The number of hydrogen-bond donors (Lipinski definition) is 2. The van der Waals surface area contributed by atoms with Crippen molar-refractivity contribution in [2.75, 3.05) is 26.1 Å². The second-order valence-electron chi connectivity index (χ2n) is 7.84. The van der Waals surface area contributed by atoms with E-state index in [-0.39, 0.29) is 24.0 Å². The predicted octanol–water partition coefficient (Wildman–Crippen LogP) is 2.59. The molecule has 33 heavy (non-hydrogen) atoms. The lowest BCUT2D eigenvalue weighted by Crippen LogP contribution is -2.50. The van der Waals surface area contributed by atoms with Crippen LogP contribution >= 0.6 is 23.1 Å². The first-order valence-corrected chi connectivity index (χ1v) is 12.9. The lowest BCUT2D eigenvalue weighted by Gasteiger charge is -2.28. The minimum absolute atomic E-state index is 0.0562. The SMILES string of the molecule is CCOC(=O)C1=C(CSc2nc3sc4c(c3c(=O)n2CCOC)CCC4)NC(=O)N[C@@H]1CC. The minimum atomic E-state index is -0.456. The molecule has 0 saturated heterocycles. The monoisotopic (exact) mass is 492 g/mol.